The molecule has 0 unspecified atom stereocenters. The van der Waals surface area contributed by atoms with Crippen molar-refractivity contribution in [3.05, 3.63) is 21.4 Å². The van der Waals surface area contributed by atoms with E-state index in [9.17, 15) is 9.59 Å². The molecule has 0 aliphatic carbocycles. The van der Waals surface area contributed by atoms with E-state index < -0.39 is 0 Å². The van der Waals surface area contributed by atoms with Crippen LogP contribution in [0.25, 0.3) is 0 Å². The Morgan fingerprint density at radius 2 is 1.80 bits per heavy atom. The lowest BCUT2D eigenvalue weighted by atomic mass is 10.2. The molecule has 20 heavy (non-hydrogen) atoms. The van der Waals surface area contributed by atoms with Crippen molar-refractivity contribution in [2.75, 3.05) is 32.8 Å². The first-order chi connectivity index (χ1) is 9.52. The van der Waals surface area contributed by atoms with Gasteiger partial charge in [0.05, 0.1) is 12.2 Å². The Bertz CT molecular complexity index is 505. The summed E-state index contributed by atoms with van der Waals surface area (Å²) in [6.07, 6.45) is -0.290. The largest absolute Gasteiger partial charge is 0.450 e. The second-order valence-corrected chi connectivity index (χ2v) is 6.27. The fraction of sp³-hybridized carbons (Fsp3) is 0.571. The van der Waals surface area contributed by atoms with Crippen molar-refractivity contribution in [2.24, 2.45) is 0 Å². The van der Waals surface area contributed by atoms with Gasteiger partial charge in [0.25, 0.3) is 5.91 Å². The molecule has 6 heteroatoms. The minimum absolute atomic E-state index is 0.0651. The molecular formula is C14H20N2O3S. The molecule has 2 heterocycles. The molecule has 5 nitrogen and oxygen atoms in total. The summed E-state index contributed by atoms with van der Waals surface area (Å²) in [6, 6.07) is 1.94. The SMILES string of the molecule is CCOC(=O)N1CCN(C(=O)c2cc(C)sc2C)CC1. The molecule has 2 amide bonds. The molecule has 0 bridgehead atoms. The molecule has 0 spiro atoms. The van der Waals surface area contributed by atoms with Crippen LogP contribution in [0.1, 0.15) is 27.0 Å². The Morgan fingerprint density at radius 1 is 1.20 bits per heavy atom. The van der Waals surface area contributed by atoms with Crippen LogP contribution in [0.4, 0.5) is 4.79 Å². The molecule has 1 aliphatic rings. The fourth-order valence-electron chi connectivity index (χ4n) is 2.32. The van der Waals surface area contributed by atoms with Crippen LogP contribution in [0.2, 0.25) is 0 Å². The predicted octanol–water partition coefficient (Wildman–Crippen LogP) is 2.28. The highest BCUT2D eigenvalue weighted by atomic mass is 32.1. The lowest BCUT2D eigenvalue weighted by molar-refractivity contribution is 0.0570. The van der Waals surface area contributed by atoms with Gasteiger partial charge in [0.1, 0.15) is 0 Å². The molecule has 1 aromatic rings. The Morgan fingerprint density at radius 3 is 2.30 bits per heavy atom. The summed E-state index contributed by atoms with van der Waals surface area (Å²) in [5, 5.41) is 0. The van der Waals surface area contributed by atoms with Crippen LogP contribution in [0.15, 0.2) is 6.07 Å². The van der Waals surface area contributed by atoms with E-state index in [0.717, 1.165) is 15.3 Å². The monoisotopic (exact) mass is 296 g/mol. The van der Waals surface area contributed by atoms with Crippen LogP contribution in [0, 0.1) is 13.8 Å². The molecule has 0 radical (unpaired) electrons. The van der Waals surface area contributed by atoms with Crippen LogP contribution in [0.5, 0.6) is 0 Å². The smallest absolute Gasteiger partial charge is 0.409 e. The molecule has 0 atom stereocenters. The molecule has 1 saturated heterocycles. The highest BCUT2D eigenvalue weighted by Crippen LogP contribution is 2.22. The Labute approximate surface area is 123 Å². The summed E-state index contributed by atoms with van der Waals surface area (Å²) in [4.78, 5) is 29.7. The average Bonchev–Trinajstić information content (AvgIpc) is 2.77. The highest BCUT2D eigenvalue weighted by molar-refractivity contribution is 7.12. The van der Waals surface area contributed by atoms with E-state index in [1.54, 1.807) is 23.2 Å². The van der Waals surface area contributed by atoms with Crippen LogP contribution in [0.3, 0.4) is 0 Å². The first-order valence-electron chi connectivity index (χ1n) is 6.81. The average molecular weight is 296 g/mol. The van der Waals surface area contributed by atoms with E-state index in [2.05, 4.69) is 0 Å². The topological polar surface area (TPSA) is 49.9 Å². The zero-order valence-corrected chi connectivity index (χ0v) is 13.0. The van der Waals surface area contributed by atoms with Gasteiger partial charge in [-0.2, -0.15) is 0 Å². The van der Waals surface area contributed by atoms with Crippen molar-refractivity contribution in [1.29, 1.82) is 0 Å². The van der Waals surface area contributed by atoms with Gasteiger partial charge in [-0.15, -0.1) is 11.3 Å². The molecule has 1 aromatic heterocycles. The number of carbonyl (C=O) groups is 2. The van der Waals surface area contributed by atoms with Gasteiger partial charge < -0.3 is 14.5 Å². The number of rotatable bonds is 2. The zero-order valence-electron chi connectivity index (χ0n) is 12.1. The van der Waals surface area contributed by atoms with Crippen molar-refractivity contribution in [1.82, 2.24) is 9.80 Å². The van der Waals surface area contributed by atoms with Gasteiger partial charge >= 0.3 is 6.09 Å². The number of carbonyl (C=O) groups excluding carboxylic acids is 2. The van der Waals surface area contributed by atoms with Gasteiger partial charge in [-0.1, -0.05) is 0 Å². The molecule has 0 N–H and O–H groups in total. The van der Waals surface area contributed by atoms with Gasteiger partial charge in [0.15, 0.2) is 0 Å². The second-order valence-electron chi connectivity index (χ2n) is 4.81. The third-order valence-corrected chi connectivity index (χ3v) is 4.33. The number of thiophene rings is 1. The van der Waals surface area contributed by atoms with E-state index in [-0.39, 0.29) is 12.0 Å². The summed E-state index contributed by atoms with van der Waals surface area (Å²) < 4.78 is 4.97. The maximum absolute atomic E-state index is 12.4. The first kappa shape index (κ1) is 14.8. The molecule has 1 fully saturated rings. The summed E-state index contributed by atoms with van der Waals surface area (Å²) in [5.41, 5.74) is 0.789. The first-order valence-corrected chi connectivity index (χ1v) is 7.62. The maximum Gasteiger partial charge on any atom is 0.409 e. The third-order valence-electron chi connectivity index (χ3n) is 3.36. The highest BCUT2D eigenvalue weighted by Gasteiger charge is 2.26. The van der Waals surface area contributed by atoms with Gasteiger partial charge in [-0.25, -0.2) is 4.79 Å². The summed E-state index contributed by atoms with van der Waals surface area (Å²) in [6.45, 7) is 8.34. The molecule has 0 saturated carbocycles. The van der Waals surface area contributed by atoms with Gasteiger partial charge in [0.2, 0.25) is 0 Å². The minimum atomic E-state index is -0.290. The Balaban J connectivity index is 1.95. The van der Waals surface area contributed by atoms with Crippen molar-refractivity contribution in [2.45, 2.75) is 20.8 Å². The van der Waals surface area contributed by atoms with E-state index in [0.29, 0.717) is 32.8 Å². The van der Waals surface area contributed by atoms with E-state index in [1.165, 1.54) is 0 Å². The minimum Gasteiger partial charge on any atom is -0.450 e. The number of ether oxygens (including phenoxy) is 1. The molecule has 1 aliphatic heterocycles. The van der Waals surface area contributed by atoms with Gasteiger partial charge in [-0.3, -0.25) is 4.79 Å². The molecule has 0 aromatic carbocycles. The van der Waals surface area contributed by atoms with E-state index in [4.69, 9.17) is 4.74 Å². The molecular weight excluding hydrogens is 276 g/mol. The lowest BCUT2D eigenvalue weighted by Crippen LogP contribution is -2.50. The Hall–Kier alpha value is -1.56. The summed E-state index contributed by atoms with van der Waals surface area (Å²) >= 11 is 1.64. The van der Waals surface area contributed by atoms with Crippen LogP contribution >= 0.6 is 11.3 Å². The molecule has 110 valence electrons. The number of hydrogen-bond donors (Lipinski definition) is 0. The number of amides is 2. The van der Waals surface area contributed by atoms with Crippen LogP contribution in [-0.4, -0.2) is 54.6 Å². The third kappa shape index (κ3) is 3.12. The van der Waals surface area contributed by atoms with Crippen LogP contribution < -0.4 is 0 Å². The summed E-state index contributed by atoms with van der Waals surface area (Å²) in [7, 11) is 0. The summed E-state index contributed by atoms with van der Waals surface area (Å²) in [5.74, 6) is 0.0651. The van der Waals surface area contributed by atoms with E-state index >= 15 is 0 Å². The maximum atomic E-state index is 12.4. The number of nitrogens with zero attached hydrogens (tertiary/aromatic N) is 2. The van der Waals surface area contributed by atoms with Crippen molar-refractivity contribution >= 4 is 23.3 Å². The number of aryl methyl sites for hydroxylation is 2. The number of hydrogen-bond acceptors (Lipinski definition) is 4. The zero-order chi connectivity index (χ0) is 14.7. The molecule has 2 rings (SSSR count). The Kier molecular flexibility index (Phi) is 4.65. The van der Waals surface area contributed by atoms with Crippen molar-refractivity contribution in [3.63, 3.8) is 0 Å². The van der Waals surface area contributed by atoms with Gasteiger partial charge in [-0.05, 0) is 26.8 Å². The van der Waals surface area contributed by atoms with Crippen molar-refractivity contribution in [3.8, 4) is 0 Å². The number of piperazine rings is 1. The quantitative estimate of drug-likeness (QED) is 0.841. The van der Waals surface area contributed by atoms with Crippen molar-refractivity contribution < 1.29 is 14.3 Å². The normalized spacial score (nSPS) is 15.3. The standard InChI is InChI=1S/C14H20N2O3S/c1-4-19-14(18)16-7-5-15(6-8-16)13(17)12-9-10(2)20-11(12)3/h9H,4-8H2,1-3H3. The second kappa shape index (κ2) is 6.26. The predicted molar refractivity (Wildman–Crippen MR) is 78.3 cm³/mol. The van der Waals surface area contributed by atoms with E-state index in [1.807, 2.05) is 24.8 Å². The van der Waals surface area contributed by atoms with Gasteiger partial charge in [0, 0.05) is 35.9 Å². The van der Waals surface area contributed by atoms with Crippen LogP contribution in [-0.2, 0) is 4.74 Å². The lowest BCUT2D eigenvalue weighted by Gasteiger charge is -2.34. The fourth-order valence-corrected chi connectivity index (χ4v) is 3.24.